The van der Waals surface area contributed by atoms with E-state index >= 15 is 0 Å². The molecule has 0 spiro atoms. The second-order valence-corrected chi connectivity index (χ2v) is 6.50. The molecule has 0 unspecified atom stereocenters. The summed E-state index contributed by atoms with van der Waals surface area (Å²) in [6.07, 6.45) is 9.22. The van der Waals surface area contributed by atoms with Gasteiger partial charge in [-0.15, -0.1) is 6.42 Å². The van der Waals surface area contributed by atoms with Crippen molar-refractivity contribution < 1.29 is 13.2 Å². The van der Waals surface area contributed by atoms with Gasteiger partial charge in [0.1, 0.15) is 17.1 Å². The summed E-state index contributed by atoms with van der Waals surface area (Å²) in [7, 11) is 0. The molecule has 1 fully saturated rings. The summed E-state index contributed by atoms with van der Waals surface area (Å²) in [6.45, 7) is 0. The molecule has 2 heterocycles. The summed E-state index contributed by atoms with van der Waals surface area (Å²) >= 11 is 0. The zero-order valence-electron chi connectivity index (χ0n) is 15.3. The van der Waals surface area contributed by atoms with Crippen LogP contribution in [0.15, 0.2) is 36.7 Å². The molecule has 1 saturated carbocycles. The molecule has 0 aromatic carbocycles. The van der Waals surface area contributed by atoms with Crippen molar-refractivity contribution in [1.82, 2.24) is 9.55 Å². The van der Waals surface area contributed by atoms with E-state index in [2.05, 4.69) is 10.9 Å². The molecule has 2 aromatic rings. The summed E-state index contributed by atoms with van der Waals surface area (Å²) < 4.78 is 37.2. The standard InChI is InChI=1S/C14H17N3.C6H5F3N2/c1-2-11-8-9-17(13(15)10-11)14(16)12-6-4-3-5-7-12;7-6(8,9)4-1-2-5(10)11-3-4/h1,8-10,12,15-16H,3-7H2;1-3H,(H2,10,11). The number of halogens is 3. The van der Waals surface area contributed by atoms with E-state index in [9.17, 15) is 13.2 Å². The van der Waals surface area contributed by atoms with Crippen LogP contribution in [0, 0.1) is 29.1 Å². The van der Waals surface area contributed by atoms with Crippen molar-refractivity contribution in [3.8, 4) is 12.3 Å². The lowest BCUT2D eigenvalue weighted by Gasteiger charge is -2.23. The lowest BCUT2D eigenvalue weighted by Crippen LogP contribution is -2.32. The maximum Gasteiger partial charge on any atom is 0.417 e. The number of nitrogens with zero attached hydrogens (tertiary/aromatic N) is 2. The highest BCUT2D eigenvalue weighted by Gasteiger charge is 2.30. The van der Waals surface area contributed by atoms with E-state index in [1.807, 2.05) is 0 Å². The van der Waals surface area contributed by atoms with E-state index < -0.39 is 11.7 Å². The third-order valence-corrected chi connectivity index (χ3v) is 4.49. The average Bonchev–Trinajstić information content (AvgIpc) is 2.68. The van der Waals surface area contributed by atoms with E-state index in [0.717, 1.165) is 25.0 Å². The van der Waals surface area contributed by atoms with Crippen molar-refractivity contribution in [1.29, 1.82) is 10.8 Å². The van der Waals surface area contributed by atoms with Gasteiger partial charge in [-0.25, -0.2) is 4.98 Å². The third kappa shape index (κ3) is 5.71. The molecule has 0 amide bonds. The van der Waals surface area contributed by atoms with Crippen LogP contribution in [0.3, 0.4) is 0 Å². The first-order valence-electron chi connectivity index (χ1n) is 8.84. The van der Waals surface area contributed by atoms with Gasteiger partial charge in [-0.3, -0.25) is 15.4 Å². The fraction of sp³-hybridized carbons (Fsp3) is 0.350. The molecule has 1 aliphatic carbocycles. The molecule has 28 heavy (non-hydrogen) atoms. The molecular formula is C20H22F3N5. The topological polar surface area (TPSA) is 91.5 Å². The molecule has 5 nitrogen and oxygen atoms in total. The minimum absolute atomic E-state index is 0.0815. The number of rotatable bonds is 1. The minimum atomic E-state index is -4.33. The minimum Gasteiger partial charge on any atom is -0.384 e. The van der Waals surface area contributed by atoms with Gasteiger partial charge < -0.3 is 5.73 Å². The fourth-order valence-corrected chi connectivity index (χ4v) is 2.95. The normalized spacial score (nSPS) is 14.5. The van der Waals surface area contributed by atoms with Crippen molar-refractivity contribution >= 4 is 11.7 Å². The van der Waals surface area contributed by atoms with Gasteiger partial charge in [-0.1, -0.05) is 25.2 Å². The smallest absolute Gasteiger partial charge is 0.384 e. The summed E-state index contributed by atoms with van der Waals surface area (Å²) in [5.74, 6) is 3.43. The Morgan fingerprint density at radius 2 is 1.89 bits per heavy atom. The molecule has 0 atom stereocenters. The maximum atomic E-state index is 11.8. The Hall–Kier alpha value is -3.08. The van der Waals surface area contributed by atoms with Crippen LogP contribution in [0.2, 0.25) is 0 Å². The van der Waals surface area contributed by atoms with Crippen LogP contribution in [0.1, 0.15) is 43.2 Å². The van der Waals surface area contributed by atoms with Gasteiger partial charge in [0.05, 0.1) is 5.56 Å². The van der Waals surface area contributed by atoms with Crippen LogP contribution in [0.5, 0.6) is 0 Å². The monoisotopic (exact) mass is 389 g/mol. The largest absolute Gasteiger partial charge is 0.417 e. The first kappa shape index (κ1) is 21.2. The second kappa shape index (κ2) is 9.22. The lowest BCUT2D eigenvalue weighted by molar-refractivity contribution is -0.137. The Bertz CT molecular complexity index is 901. The number of hydrogen-bond acceptors (Lipinski definition) is 4. The summed E-state index contributed by atoms with van der Waals surface area (Å²) in [5.41, 5.74) is 5.30. The number of terminal acetylenes is 1. The predicted molar refractivity (Wildman–Crippen MR) is 102 cm³/mol. The Labute approximate surface area is 161 Å². The van der Waals surface area contributed by atoms with Crippen molar-refractivity contribution in [3.05, 3.63) is 53.3 Å². The zero-order chi connectivity index (χ0) is 20.7. The molecule has 0 bridgehead atoms. The van der Waals surface area contributed by atoms with E-state index in [-0.39, 0.29) is 5.82 Å². The molecule has 8 heteroatoms. The van der Waals surface area contributed by atoms with Gasteiger partial charge in [-0.2, -0.15) is 13.2 Å². The third-order valence-electron chi connectivity index (χ3n) is 4.49. The van der Waals surface area contributed by atoms with Gasteiger partial charge in [0, 0.05) is 23.9 Å². The van der Waals surface area contributed by atoms with Crippen molar-refractivity contribution in [2.45, 2.75) is 38.3 Å². The Kier molecular flexibility index (Phi) is 6.99. The first-order chi connectivity index (χ1) is 13.2. The zero-order valence-corrected chi connectivity index (χ0v) is 15.3. The van der Waals surface area contributed by atoms with Gasteiger partial charge in [-0.05, 0) is 37.1 Å². The number of aromatic nitrogens is 2. The number of alkyl halides is 3. The van der Waals surface area contributed by atoms with Crippen LogP contribution in [-0.2, 0) is 6.18 Å². The number of nitrogen functional groups attached to an aromatic ring is 1. The van der Waals surface area contributed by atoms with E-state index in [1.165, 1.54) is 19.3 Å². The van der Waals surface area contributed by atoms with Crippen LogP contribution in [-0.4, -0.2) is 15.4 Å². The molecule has 4 N–H and O–H groups in total. The van der Waals surface area contributed by atoms with Crippen molar-refractivity contribution in [2.75, 3.05) is 5.73 Å². The van der Waals surface area contributed by atoms with Crippen LogP contribution >= 0.6 is 0 Å². The molecule has 2 aromatic heterocycles. The van der Waals surface area contributed by atoms with E-state index in [4.69, 9.17) is 23.0 Å². The summed E-state index contributed by atoms with van der Waals surface area (Å²) in [4.78, 5) is 3.30. The summed E-state index contributed by atoms with van der Waals surface area (Å²) in [6, 6.07) is 5.43. The molecule has 3 rings (SSSR count). The van der Waals surface area contributed by atoms with Crippen molar-refractivity contribution in [2.24, 2.45) is 5.92 Å². The highest BCUT2D eigenvalue weighted by atomic mass is 19.4. The van der Waals surface area contributed by atoms with Gasteiger partial charge in [0.25, 0.3) is 0 Å². The molecule has 148 valence electrons. The van der Waals surface area contributed by atoms with Crippen molar-refractivity contribution in [3.63, 3.8) is 0 Å². The van der Waals surface area contributed by atoms with Gasteiger partial charge in [0.2, 0.25) is 0 Å². The quantitative estimate of drug-likeness (QED) is 0.390. The molecular weight excluding hydrogens is 367 g/mol. The molecule has 1 aliphatic rings. The first-order valence-corrected chi connectivity index (χ1v) is 8.84. The maximum absolute atomic E-state index is 11.8. The Balaban J connectivity index is 0.000000221. The highest BCUT2D eigenvalue weighted by molar-refractivity contribution is 5.83. The highest BCUT2D eigenvalue weighted by Crippen LogP contribution is 2.28. The molecule has 0 aliphatic heterocycles. The SMILES string of the molecule is C#Cc1ccn(C(=N)C2CCCCC2)c(=N)c1.Nc1ccc(C(F)(F)F)cn1. The predicted octanol–water partition coefficient (Wildman–Crippen LogP) is 4.04. The van der Waals surface area contributed by atoms with Gasteiger partial charge >= 0.3 is 6.18 Å². The molecule has 0 radical (unpaired) electrons. The lowest BCUT2D eigenvalue weighted by atomic mass is 9.88. The Morgan fingerprint density at radius 3 is 2.39 bits per heavy atom. The number of hydrogen-bond donors (Lipinski definition) is 3. The summed E-state index contributed by atoms with van der Waals surface area (Å²) in [5, 5.41) is 16.1. The Morgan fingerprint density at radius 1 is 1.21 bits per heavy atom. The molecule has 0 saturated heterocycles. The van der Waals surface area contributed by atoms with Crippen LogP contribution in [0.4, 0.5) is 19.0 Å². The van der Waals surface area contributed by atoms with E-state index in [1.54, 1.807) is 22.9 Å². The second-order valence-electron chi connectivity index (χ2n) is 6.50. The van der Waals surface area contributed by atoms with E-state index in [0.29, 0.717) is 29.0 Å². The van der Waals surface area contributed by atoms with Crippen LogP contribution in [0.25, 0.3) is 0 Å². The number of nitrogens with two attached hydrogens (primary N) is 1. The average molecular weight is 389 g/mol. The van der Waals surface area contributed by atoms with Crippen LogP contribution < -0.4 is 11.2 Å². The number of pyridine rings is 2. The fourth-order valence-electron chi connectivity index (χ4n) is 2.95. The van der Waals surface area contributed by atoms with Gasteiger partial charge in [0.15, 0.2) is 0 Å². The number of nitrogens with one attached hydrogen (secondary N) is 2. The number of anilines is 1.